The van der Waals surface area contributed by atoms with Gasteiger partial charge in [0.25, 0.3) is 0 Å². The number of likely N-dealkylation sites (tertiary alicyclic amines) is 1. The van der Waals surface area contributed by atoms with E-state index in [1.807, 2.05) is 11.9 Å². The van der Waals surface area contributed by atoms with Gasteiger partial charge in [-0.3, -0.25) is 4.79 Å². The second-order valence-electron chi connectivity index (χ2n) is 3.14. The molecule has 1 atom stereocenters. The highest BCUT2D eigenvalue weighted by atomic mass is 16.4. The number of hydrogen-bond donors (Lipinski definition) is 2. The first-order chi connectivity index (χ1) is 5.60. The molecule has 0 aromatic carbocycles. The number of carboxylic acids is 1. The van der Waals surface area contributed by atoms with Gasteiger partial charge < -0.3 is 15.3 Å². The third-order valence-corrected chi connectivity index (χ3v) is 2.20. The van der Waals surface area contributed by atoms with Gasteiger partial charge in [-0.2, -0.15) is 0 Å². The van der Waals surface area contributed by atoms with E-state index in [0.717, 1.165) is 0 Å². The molecule has 1 rings (SSSR count). The maximum Gasteiger partial charge on any atom is 0.330 e. The Morgan fingerprint density at radius 1 is 1.75 bits per heavy atom. The lowest BCUT2D eigenvalue weighted by Crippen LogP contribution is -2.53. The van der Waals surface area contributed by atoms with Gasteiger partial charge in [-0.15, -0.1) is 0 Å². The van der Waals surface area contributed by atoms with Crippen LogP contribution in [0, 0.1) is 0 Å². The van der Waals surface area contributed by atoms with E-state index < -0.39 is 11.5 Å². The first kappa shape index (κ1) is 8.99. The van der Waals surface area contributed by atoms with Gasteiger partial charge in [-0.1, -0.05) is 0 Å². The number of carbonyl (C=O) groups is 2. The highest BCUT2D eigenvalue weighted by Crippen LogP contribution is 2.19. The van der Waals surface area contributed by atoms with Crippen molar-refractivity contribution in [2.45, 2.75) is 12.0 Å². The molecule has 1 unspecified atom stereocenters. The van der Waals surface area contributed by atoms with Gasteiger partial charge in [0.2, 0.25) is 6.41 Å². The van der Waals surface area contributed by atoms with Gasteiger partial charge in [0.15, 0.2) is 5.54 Å². The number of aliphatic carboxylic acids is 1. The summed E-state index contributed by atoms with van der Waals surface area (Å²) in [5.41, 5.74) is -1.06. The molecule has 1 heterocycles. The van der Waals surface area contributed by atoms with E-state index in [1.54, 1.807) is 0 Å². The maximum absolute atomic E-state index is 10.8. The number of carbonyl (C=O) groups excluding carboxylic acids is 1. The standard InChI is InChI=1S/C7H12N2O3/c1-9-3-2-7(4-9,6(11)12)8-5-10/h5H,2-4H2,1H3,(H,8,10)(H,11,12). The first-order valence-electron chi connectivity index (χ1n) is 3.74. The van der Waals surface area contributed by atoms with Crippen molar-refractivity contribution >= 4 is 12.4 Å². The van der Waals surface area contributed by atoms with Crippen molar-refractivity contribution in [3.63, 3.8) is 0 Å². The average molecular weight is 172 g/mol. The van der Waals surface area contributed by atoms with Crippen LogP contribution in [0.1, 0.15) is 6.42 Å². The van der Waals surface area contributed by atoms with Gasteiger partial charge in [0.05, 0.1) is 0 Å². The minimum atomic E-state index is -1.06. The molecular formula is C7H12N2O3. The number of carboxylic acid groups (broad SMARTS) is 1. The molecule has 0 aromatic heterocycles. The number of amides is 1. The summed E-state index contributed by atoms with van der Waals surface area (Å²) < 4.78 is 0. The fourth-order valence-electron chi connectivity index (χ4n) is 1.47. The second-order valence-corrected chi connectivity index (χ2v) is 3.14. The molecule has 1 aliphatic heterocycles. The molecule has 0 aliphatic carbocycles. The maximum atomic E-state index is 10.8. The number of nitrogens with one attached hydrogen (secondary N) is 1. The van der Waals surface area contributed by atoms with Crippen LogP contribution in [0.4, 0.5) is 0 Å². The lowest BCUT2D eigenvalue weighted by atomic mass is 10.00. The van der Waals surface area contributed by atoms with E-state index in [9.17, 15) is 9.59 Å². The van der Waals surface area contributed by atoms with E-state index >= 15 is 0 Å². The van der Waals surface area contributed by atoms with Crippen molar-refractivity contribution in [2.75, 3.05) is 20.1 Å². The SMILES string of the molecule is CN1CCC(NC=O)(C(=O)O)C1. The topological polar surface area (TPSA) is 69.6 Å². The second kappa shape index (κ2) is 3.10. The van der Waals surface area contributed by atoms with E-state index in [0.29, 0.717) is 25.9 Å². The highest BCUT2D eigenvalue weighted by molar-refractivity contribution is 5.82. The van der Waals surface area contributed by atoms with Crippen molar-refractivity contribution in [3.05, 3.63) is 0 Å². The molecule has 0 bridgehead atoms. The predicted molar refractivity (Wildman–Crippen MR) is 41.7 cm³/mol. The third-order valence-electron chi connectivity index (χ3n) is 2.20. The van der Waals surface area contributed by atoms with Gasteiger partial charge in [-0.05, 0) is 13.5 Å². The molecule has 1 fully saturated rings. The van der Waals surface area contributed by atoms with Crippen LogP contribution < -0.4 is 5.32 Å². The Hall–Kier alpha value is -1.10. The third kappa shape index (κ3) is 1.40. The molecule has 1 saturated heterocycles. The zero-order valence-electron chi connectivity index (χ0n) is 6.91. The van der Waals surface area contributed by atoms with Crippen molar-refractivity contribution in [1.82, 2.24) is 10.2 Å². The minimum Gasteiger partial charge on any atom is -0.479 e. The zero-order chi connectivity index (χ0) is 9.19. The summed E-state index contributed by atoms with van der Waals surface area (Å²) in [6.45, 7) is 1.08. The van der Waals surface area contributed by atoms with Crippen LogP contribution in [0.25, 0.3) is 0 Å². The van der Waals surface area contributed by atoms with Crippen LogP contribution in [0.2, 0.25) is 0 Å². The van der Waals surface area contributed by atoms with E-state index in [4.69, 9.17) is 5.11 Å². The number of nitrogens with zero attached hydrogens (tertiary/aromatic N) is 1. The number of hydrogen-bond acceptors (Lipinski definition) is 3. The number of rotatable bonds is 3. The van der Waals surface area contributed by atoms with E-state index in [1.165, 1.54) is 0 Å². The molecule has 0 spiro atoms. The highest BCUT2D eigenvalue weighted by Gasteiger charge is 2.43. The summed E-state index contributed by atoms with van der Waals surface area (Å²) in [5.74, 6) is -0.959. The minimum absolute atomic E-state index is 0.376. The zero-order valence-corrected chi connectivity index (χ0v) is 6.91. The molecule has 0 aromatic rings. The average Bonchev–Trinajstić information content (AvgIpc) is 2.34. The van der Waals surface area contributed by atoms with Gasteiger partial charge in [-0.25, -0.2) is 4.79 Å². The lowest BCUT2D eigenvalue weighted by molar-refractivity contribution is -0.145. The van der Waals surface area contributed by atoms with Gasteiger partial charge in [0.1, 0.15) is 0 Å². The van der Waals surface area contributed by atoms with Crippen LogP contribution in [-0.2, 0) is 9.59 Å². The van der Waals surface area contributed by atoms with Crippen LogP contribution >= 0.6 is 0 Å². The Bertz CT molecular complexity index is 207. The molecule has 1 aliphatic rings. The van der Waals surface area contributed by atoms with Crippen molar-refractivity contribution in [3.8, 4) is 0 Å². The van der Waals surface area contributed by atoms with Crippen molar-refractivity contribution < 1.29 is 14.7 Å². The Morgan fingerprint density at radius 2 is 2.42 bits per heavy atom. The Kier molecular flexibility index (Phi) is 2.32. The molecule has 5 nitrogen and oxygen atoms in total. The first-order valence-corrected chi connectivity index (χ1v) is 3.74. The molecule has 0 radical (unpaired) electrons. The number of likely N-dealkylation sites (N-methyl/N-ethyl adjacent to an activating group) is 1. The molecule has 1 amide bonds. The molecule has 12 heavy (non-hydrogen) atoms. The monoisotopic (exact) mass is 172 g/mol. The molecule has 0 saturated carbocycles. The van der Waals surface area contributed by atoms with Gasteiger partial charge >= 0.3 is 5.97 Å². The quantitative estimate of drug-likeness (QED) is 0.530. The Morgan fingerprint density at radius 3 is 2.75 bits per heavy atom. The van der Waals surface area contributed by atoms with E-state index in [-0.39, 0.29) is 0 Å². The van der Waals surface area contributed by atoms with Crippen LogP contribution in [-0.4, -0.2) is 48.1 Å². The molecule has 68 valence electrons. The predicted octanol–water partition coefficient (Wildman–Crippen LogP) is -1.11. The fourth-order valence-corrected chi connectivity index (χ4v) is 1.47. The summed E-state index contributed by atoms with van der Waals surface area (Å²) >= 11 is 0. The summed E-state index contributed by atoms with van der Waals surface area (Å²) in [6.07, 6.45) is 0.921. The normalized spacial score (nSPS) is 30.1. The lowest BCUT2D eigenvalue weighted by Gasteiger charge is -2.22. The largest absolute Gasteiger partial charge is 0.479 e. The Labute approximate surface area is 70.4 Å². The van der Waals surface area contributed by atoms with Gasteiger partial charge in [0, 0.05) is 13.1 Å². The summed E-state index contributed by atoms with van der Waals surface area (Å²) in [6, 6.07) is 0. The molecular weight excluding hydrogens is 160 g/mol. The summed E-state index contributed by atoms with van der Waals surface area (Å²) in [4.78, 5) is 22.9. The van der Waals surface area contributed by atoms with Crippen LogP contribution in [0.3, 0.4) is 0 Å². The smallest absolute Gasteiger partial charge is 0.330 e. The van der Waals surface area contributed by atoms with Crippen LogP contribution in [0.5, 0.6) is 0 Å². The van der Waals surface area contributed by atoms with E-state index in [2.05, 4.69) is 5.32 Å². The Balaban J connectivity index is 2.74. The van der Waals surface area contributed by atoms with Crippen LogP contribution in [0.15, 0.2) is 0 Å². The van der Waals surface area contributed by atoms with Crippen molar-refractivity contribution in [2.24, 2.45) is 0 Å². The van der Waals surface area contributed by atoms with Crippen molar-refractivity contribution in [1.29, 1.82) is 0 Å². The molecule has 2 N–H and O–H groups in total. The molecule has 5 heteroatoms. The fraction of sp³-hybridized carbons (Fsp3) is 0.714. The summed E-state index contributed by atoms with van der Waals surface area (Å²) in [7, 11) is 1.83. The summed E-state index contributed by atoms with van der Waals surface area (Å²) in [5, 5.41) is 11.2.